The molecule has 3 amide bonds. The predicted molar refractivity (Wildman–Crippen MR) is 157 cm³/mol. The molecule has 1 atom stereocenters. The molecule has 0 N–H and O–H groups in total. The number of fused-ring (bicyclic) bond motifs is 2. The lowest BCUT2D eigenvalue weighted by Gasteiger charge is -2.42. The topological polar surface area (TPSA) is 92.3 Å². The highest BCUT2D eigenvalue weighted by atomic mass is 35.5. The molecular weight excluding hydrogens is 564 g/mol. The van der Waals surface area contributed by atoms with E-state index in [-0.39, 0.29) is 43.3 Å². The number of thiophene rings is 1. The van der Waals surface area contributed by atoms with Crippen LogP contribution in [0.3, 0.4) is 0 Å². The van der Waals surface area contributed by atoms with Gasteiger partial charge in [-0.25, -0.2) is 4.79 Å². The van der Waals surface area contributed by atoms with Crippen LogP contribution in [-0.4, -0.2) is 76.0 Å². The lowest BCUT2D eigenvalue weighted by molar-refractivity contribution is -0.139. The highest BCUT2D eigenvalue weighted by Crippen LogP contribution is 2.47. The lowest BCUT2D eigenvalue weighted by Crippen LogP contribution is -2.51. The minimum absolute atomic E-state index is 0.0919. The normalized spacial score (nSPS) is 20.0. The van der Waals surface area contributed by atoms with E-state index in [4.69, 9.17) is 21.1 Å². The average molecular weight is 597 g/mol. The summed E-state index contributed by atoms with van der Waals surface area (Å²) < 4.78 is 12.7. The van der Waals surface area contributed by atoms with Gasteiger partial charge in [0.25, 0.3) is 0 Å². The van der Waals surface area contributed by atoms with Crippen molar-refractivity contribution < 1.29 is 23.9 Å². The summed E-state index contributed by atoms with van der Waals surface area (Å²) in [5.41, 5.74) is 3.35. The van der Waals surface area contributed by atoms with Gasteiger partial charge in [-0.05, 0) is 50.6 Å². The Morgan fingerprint density at radius 2 is 1.83 bits per heavy atom. The van der Waals surface area contributed by atoms with E-state index in [1.807, 2.05) is 45.0 Å². The Morgan fingerprint density at radius 3 is 2.54 bits per heavy atom. The molecule has 0 saturated carbocycles. The van der Waals surface area contributed by atoms with Crippen LogP contribution in [0.2, 0.25) is 5.02 Å². The number of benzene rings is 1. The maximum atomic E-state index is 12.6. The van der Waals surface area contributed by atoms with E-state index in [9.17, 15) is 14.4 Å². The standard InChI is InChI=1S/C30H33ClN4O5S/c1-30(2,3)40-29(38)34-11-9-33(10-12-34)23-7-13-39-24-15-18(31)14-21(27(23)24)20-6-8-32-22-16-19(41-28(20)22)17-35-25(36)4-5-26(35)37/h6,8,14-16,23H,4-5,7,9-13,17H2,1-3H3/t23-/m0/s1. The van der Waals surface area contributed by atoms with Gasteiger partial charge in [-0.1, -0.05) is 11.6 Å². The zero-order valence-corrected chi connectivity index (χ0v) is 25.0. The van der Waals surface area contributed by atoms with Crippen LogP contribution < -0.4 is 4.74 Å². The van der Waals surface area contributed by atoms with E-state index in [2.05, 4.69) is 9.88 Å². The quantitative estimate of drug-likeness (QED) is 0.360. The molecule has 3 aliphatic heterocycles. The fourth-order valence-electron chi connectivity index (χ4n) is 5.84. The molecule has 41 heavy (non-hydrogen) atoms. The summed E-state index contributed by atoms with van der Waals surface area (Å²) in [5, 5.41) is 0.587. The first kappa shape index (κ1) is 27.9. The Kier molecular flexibility index (Phi) is 7.42. The molecule has 0 unspecified atom stereocenters. The number of amides is 3. The third kappa shape index (κ3) is 5.65. The molecule has 9 nitrogen and oxygen atoms in total. The third-order valence-corrected chi connectivity index (χ3v) is 9.08. The average Bonchev–Trinajstić information content (AvgIpc) is 3.49. The molecule has 0 aliphatic carbocycles. The van der Waals surface area contributed by atoms with Crippen molar-refractivity contribution in [1.29, 1.82) is 0 Å². The summed E-state index contributed by atoms with van der Waals surface area (Å²) >= 11 is 8.17. The van der Waals surface area contributed by atoms with Crippen LogP contribution in [0.1, 0.15) is 56.5 Å². The number of imide groups is 1. The summed E-state index contributed by atoms with van der Waals surface area (Å²) in [6.07, 6.45) is 2.87. The smallest absolute Gasteiger partial charge is 0.410 e. The minimum atomic E-state index is -0.529. The number of ether oxygens (including phenoxy) is 2. The van der Waals surface area contributed by atoms with Crippen LogP contribution in [0, 0.1) is 0 Å². The van der Waals surface area contributed by atoms with Gasteiger partial charge in [-0.2, -0.15) is 0 Å². The number of piperazine rings is 1. The van der Waals surface area contributed by atoms with Gasteiger partial charge in [0.05, 0.1) is 23.4 Å². The molecule has 0 radical (unpaired) electrons. The van der Waals surface area contributed by atoms with Gasteiger partial charge < -0.3 is 14.4 Å². The monoisotopic (exact) mass is 596 g/mol. The van der Waals surface area contributed by atoms with Gasteiger partial charge in [0.2, 0.25) is 11.8 Å². The summed E-state index contributed by atoms with van der Waals surface area (Å²) in [5.74, 6) is 0.515. The molecule has 11 heteroatoms. The number of pyridine rings is 1. The fraction of sp³-hybridized carbons (Fsp3) is 0.467. The number of hydrogen-bond donors (Lipinski definition) is 0. The Bertz CT molecular complexity index is 1510. The fourth-order valence-corrected chi connectivity index (χ4v) is 7.18. The van der Waals surface area contributed by atoms with Crippen LogP contribution >= 0.6 is 22.9 Å². The molecule has 2 saturated heterocycles. The van der Waals surface area contributed by atoms with Crippen molar-refractivity contribution in [3.05, 3.63) is 45.9 Å². The summed E-state index contributed by atoms with van der Waals surface area (Å²) in [6.45, 7) is 9.10. The maximum Gasteiger partial charge on any atom is 0.410 e. The number of carbonyl (C=O) groups excluding carboxylic acids is 3. The summed E-state index contributed by atoms with van der Waals surface area (Å²) in [4.78, 5) is 48.1. The van der Waals surface area contributed by atoms with Gasteiger partial charge >= 0.3 is 6.09 Å². The molecule has 5 heterocycles. The highest BCUT2D eigenvalue weighted by molar-refractivity contribution is 7.19. The SMILES string of the molecule is CC(C)(C)OC(=O)N1CCN([C@H]2CCOc3cc(Cl)cc(-c4ccnc5cc(CN6C(=O)CCC6=O)sc45)c32)CC1. The second-order valence-electron chi connectivity index (χ2n) is 11.7. The van der Waals surface area contributed by atoms with Gasteiger partial charge in [0, 0.05) is 78.7 Å². The predicted octanol–water partition coefficient (Wildman–Crippen LogP) is 5.64. The molecule has 1 aromatic carbocycles. The Hall–Kier alpha value is -3.21. The largest absolute Gasteiger partial charge is 0.493 e. The number of likely N-dealkylation sites (tertiary alicyclic amines) is 1. The molecule has 0 bridgehead atoms. The zero-order chi connectivity index (χ0) is 28.9. The van der Waals surface area contributed by atoms with E-state index in [0.29, 0.717) is 24.7 Å². The molecule has 2 aromatic heterocycles. The molecule has 6 rings (SSSR count). The molecule has 2 fully saturated rings. The number of rotatable bonds is 4. The van der Waals surface area contributed by atoms with E-state index in [0.717, 1.165) is 57.0 Å². The summed E-state index contributed by atoms with van der Waals surface area (Å²) in [7, 11) is 0. The van der Waals surface area contributed by atoms with Crippen molar-refractivity contribution in [2.45, 2.75) is 58.2 Å². The second-order valence-corrected chi connectivity index (χ2v) is 13.3. The van der Waals surface area contributed by atoms with Gasteiger partial charge in [0.15, 0.2) is 0 Å². The van der Waals surface area contributed by atoms with Gasteiger partial charge in [-0.15, -0.1) is 11.3 Å². The number of nitrogens with zero attached hydrogens (tertiary/aromatic N) is 4. The van der Waals surface area contributed by atoms with Crippen molar-refractivity contribution in [3.63, 3.8) is 0 Å². The van der Waals surface area contributed by atoms with Crippen molar-refractivity contribution in [2.75, 3.05) is 32.8 Å². The number of hydrogen-bond acceptors (Lipinski definition) is 8. The molecular formula is C30H33ClN4O5S. The maximum absolute atomic E-state index is 12.6. The highest BCUT2D eigenvalue weighted by Gasteiger charge is 2.35. The zero-order valence-electron chi connectivity index (χ0n) is 23.4. The van der Waals surface area contributed by atoms with Crippen molar-refractivity contribution in [2.24, 2.45) is 0 Å². The van der Waals surface area contributed by atoms with E-state index >= 15 is 0 Å². The van der Waals surface area contributed by atoms with Gasteiger partial charge in [-0.3, -0.25) is 24.4 Å². The summed E-state index contributed by atoms with van der Waals surface area (Å²) in [6, 6.07) is 7.91. The van der Waals surface area contributed by atoms with Crippen molar-refractivity contribution in [3.8, 4) is 16.9 Å². The van der Waals surface area contributed by atoms with Crippen LogP contribution in [0.15, 0.2) is 30.5 Å². The number of aromatic nitrogens is 1. The van der Waals surface area contributed by atoms with E-state index < -0.39 is 5.60 Å². The Labute approximate surface area is 248 Å². The molecule has 3 aliphatic rings. The molecule has 3 aromatic rings. The lowest BCUT2D eigenvalue weighted by atomic mass is 9.90. The number of carbonyl (C=O) groups is 3. The van der Waals surface area contributed by atoms with Crippen molar-refractivity contribution >= 4 is 51.1 Å². The molecule has 0 spiro atoms. The van der Waals surface area contributed by atoms with Gasteiger partial charge in [0.1, 0.15) is 11.4 Å². The Morgan fingerprint density at radius 1 is 1.10 bits per heavy atom. The number of halogens is 1. The molecule has 216 valence electrons. The first-order valence-electron chi connectivity index (χ1n) is 14.0. The van der Waals surface area contributed by atoms with Crippen LogP contribution in [0.25, 0.3) is 21.3 Å². The van der Waals surface area contributed by atoms with E-state index in [1.54, 1.807) is 22.4 Å². The van der Waals surface area contributed by atoms with Crippen LogP contribution in [0.4, 0.5) is 4.79 Å². The van der Waals surface area contributed by atoms with Crippen molar-refractivity contribution in [1.82, 2.24) is 19.7 Å². The second kappa shape index (κ2) is 10.9. The van der Waals surface area contributed by atoms with E-state index in [1.165, 1.54) is 4.90 Å². The van der Waals surface area contributed by atoms with Crippen LogP contribution in [0.5, 0.6) is 5.75 Å². The Balaban J connectivity index is 1.31. The first-order chi connectivity index (χ1) is 19.6. The minimum Gasteiger partial charge on any atom is -0.493 e. The third-order valence-electron chi connectivity index (χ3n) is 7.72. The van der Waals surface area contributed by atoms with Crippen LogP contribution in [-0.2, 0) is 20.9 Å². The first-order valence-corrected chi connectivity index (χ1v) is 15.2.